The molecule has 5 heteroatoms. The topological polar surface area (TPSA) is 73.1 Å². The highest BCUT2D eigenvalue weighted by Gasteiger charge is 2.05. The van der Waals surface area contributed by atoms with Crippen molar-refractivity contribution in [3.05, 3.63) is 12.4 Å². The van der Waals surface area contributed by atoms with Gasteiger partial charge in [-0.05, 0) is 19.8 Å². The molecule has 0 saturated heterocycles. The Kier molecular flexibility index (Phi) is 6.32. The van der Waals surface area contributed by atoms with E-state index in [2.05, 4.69) is 29.2 Å². The third kappa shape index (κ3) is 5.49. The van der Waals surface area contributed by atoms with E-state index in [1.165, 1.54) is 25.7 Å². The van der Waals surface area contributed by atoms with Crippen molar-refractivity contribution in [3.8, 4) is 5.88 Å². The molecule has 17 heavy (non-hydrogen) atoms. The van der Waals surface area contributed by atoms with E-state index >= 15 is 0 Å². The normalized spacial score (nSPS) is 12.2. The molecule has 0 aliphatic heterocycles. The number of unbranched alkanes of at least 4 members (excludes halogenated alkanes) is 3. The Morgan fingerprint density at radius 1 is 1.35 bits per heavy atom. The molecule has 5 nitrogen and oxygen atoms in total. The first kappa shape index (κ1) is 13.7. The maximum atomic E-state index is 5.67. The maximum Gasteiger partial charge on any atom is 0.234 e. The molecule has 1 aromatic heterocycles. The molecule has 0 bridgehead atoms. The van der Waals surface area contributed by atoms with Gasteiger partial charge in [0.1, 0.15) is 0 Å². The summed E-state index contributed by atoms with van der Waals surface area (Å²) in [4.78, 5) is 8.14. The number of hydrogen-bond donors (Lipinski definition) is 2. The predicted octanol–water partition coefficient (Wildman–Crippen LogP) is 2.50. The van der Waals surface area contributed by atoms with Crippen LogP contribution in [0.3, 0.4) is 0 Å². The van der Waals surface area contributed by atoms with Crippen molar-refractivity contribution >= 4 is 5.82 Å². The predicted molar refractivity (Wildman–Crippen MR) is 68.7 cm³/mol. The first-order valence-electron chi connectivity index (χ1n) is 6.21. The molecule has 0 aliphatic rings. The summed E-state index contributed by atoms with van der Waals surface area (Å²) in [6.45, 7) is 4.26. The molecule has 0 aromatic carbocycles. The average Bonchev–Trinajstić information content (AvgIpc) is 2.35. The Bertz CT molecular complexity index is 319. The molecule has 3 N–H and O–H groups in total. The Balaban J connectivity index is 2.31. The number of aromatic nitrogens is 2. The summed E-state index contributed by atoms with van der Waals surface area (Å²) >= 11 is 0. The summed E-state index contributed by atoms with van der Waals surface area (Å²) in [7, 11) is 0. The fraction of sp³-hybridized carbons (Fsp3) is 0.667. The van der Waals surface area contributed by atoms with Crippen LogP contribution in [0, 0.1) is 0 Å². The van der Waals surface area contributed by atoms with Gasteiger partial charge in [-0.1, -0.05) is 26.2 Å². The van der Waals surface area contributed by atoms with Crippen LogP contribution in [0.4, 0.5) is 5.82 Å². The van der Waals surface area contributed by atoms with Crippen molar-refractivity contribution in [2.24, 2.45) is 5.84 Å². The van der Waals surface area contributed by atoms with E-state index in [9.17, 15) is 0 Å². The van der Waals surface area contributed by atoms with Gasteiger partial charge in [0, 0.05) is 0 Å². The Morgan fingerprint density at radius 3 is 2.88 bits per heavy atom. The standard InChI is InChI=1S/C12H22N4O/c1-3-4-5-6-7-10(2)17-12-9-14-8-11(15-12)16-13/h8-10H,3-7,13H2,1-2H3,(H,15,16). The second kappa shape index (κ2) is 7.84. The van der Waals surface area contributed by atoms with Crippen LogP contribution in [0.5, 0.6) is 5.88 Å². The van der Waals surface area contributed by atoms with Crippen molar-refractivity contribution < 1.29 is 4.74 Å². The second-order valence-corrected chi connectivity index (χ2v) is 4.16. The lowest BCUT2D eigenvalue weighted by atomic mass is 10.1. The van der Waals surface area contributed by atoms with Gasteiger partial charge in [-0.15, -0.1) is 0 Å². The lowest BCUT2D eigenvalue weighted by molar-refractivity contribution is 0.197. The van der Waals surface area contributed by atoms with Crippen molar-refractivity contribution in [2.45, 2.75) is 52.1 Å². The Hall–Kier alpha value is -1.36. The molecule has 1 rings (SSSR count). The maximum absolute atomic E-state index is 5.67. The van der Waals surface area contributed by atoms with Crippen LogP contribution in [0.15, 0.2) is 12.4 Å². The third-order valence-corrected chi connectivity index (χ3v) is 2.55. The summed E-state index contributed by atoms with van der Waals surface area (Å²) < 4.78 is 5.67. The molecule has 96 valence electrons. The van der Waals surface area contributed by atoms with E-state index in [1.807, 2.05) is 0 Å². The van der Waals surface area contributed by atoms with Gasteiger partial charge in [-0.2, -0.15) is 4.98 Å². The number of hydrazine groups is 1. The summed E-state index contributed by atoms with van der Waals surface area (Å²) in [6, 6.07) is 0. The smallest absolute Gasteiger partial charge is 0.234 e. The second-order valence-electron chi connectivity index (χ2n) is 4.16. The number of rotatable bonds is 8. The zero-order valence-electron chi connectivity index (χ0n) is 10.6. The van der Waals surface area contributed by atoms with E-state index < -0.39 is 0 Å². The molecular formula is C12H22N4O. The molecule has 0 fully saturated rings. The molecule has 1 atom stereocenters. The summed E-state index contributed by atoms with van der Waals surface area (Å²) in [5.74, 6) is 6.29. The number of anilines is 1. The monoisotopic (exact) mass is 238 g/mol. The number of hydrogen-bond acceptors (Lipinski definition) is 5. The van der Waals surface area contributed by atoms with Crippen LogP contribution >= 0.6 is 0 Å². The van der Waals surface area contributed by atoms with Gasteiger partial charge in [0.2, 0.25) is 5.88 Å². The summed E-state index contributed by atoms with van der Waals surface area (Å²) in [5.41, 5.74) is 2.45. The van der Waals surface area contributed by atoms with E-state index in [1.54, 1.807) is 12.4 Å². The highest BCUT2D eigenvalue weighted by Crippen LogP contribution is 2.13. The highest BCUT2D eigenvalue weighted by molar-refractivity contribution is 5.31. The van der Waals surface area contributed by atoms with E-state index in [0.717, 1.165) is 6.42 Å². The third-order valence-electron chi connectivity index (χ3n) is 2.55. The van der Waals surface area contributed by atoms with Gasteiger partial charge in [-0.25, -0.2) is 5.84 Å². The molecule has 0 saturated carbocycles. The largest absolute Gasteiger partial charge is 0.474 e. The van der Waals surface area contributed by atoms with Crippen LogP contribution in [0.25, 0.3) is 0 Å². The minimum absolute atomic E-state index is 0.161. The minimum atomic E-state index is 0.161. The first-order chi connectivity index (χ1) is 8.26. The van der Waals surface area contributed by atoms with Gasteiger partial charge in [0.05, 0.1) is 18.5 Å². The molecule has 0 spiro atoms. The molecule has 1 unspecified atom stereocenters. The number of nitrogens with one attached hydrogen (secondary N) is 1. The van der Waals surface area contributed by atoms with Crippen molar-refractivity contribution in [2.75, 3.05) is 5.43 Å². The van der Waals surface area contributed by atoms with E-state index in [4.69, 9.17) is 10.6 Å². The van der Waals surface area contributed by atoms with Crippen LogP contribution in [-0.2, 0) is 0 Å². The Labute approximate surface area is 103 Å². The molecule has 1 heterocycles. The van der Waals surface area contributed by atoms with E-state index in [-0.39, 0.29) is 6.10 Å². The van der Waals surface area contributed by atoms with Gasteiger partial charge < -0.3 is 10.2 Å². The van der Waals surface area contributed by atoms with Crippen molar-refractivity contribution in [1.82, 2.24) is 9.97 Å². The lowest BCUT2D eigenvalue weighted by Crippen LogP contribution is -2.14. The number of ether oxygens (including phenoxy) is 1. The van der Waals surface area contributed by atoms with Gasteiger partial charge in [0.15, 0.2) is 5.82 Å². The lowest BCUT2D eigenvalue weighted by Gasteiger charge is -2.13. The number of nitrogens with zero attached hydrogens (tertiary/aromatic N) is 2. The number of nitrogens with two attached hydrogens (primary N) is 1. The van der Waals surface area contributed by atoms with Crippen molar-refractivity contribution in [3.63, 3.8) is 0 Å². The molecule has 0 radical (unpaired) electrons. The van der Waals surface area contributed by atoms with Gasteiger partial charge in [-0.3, -0.25) is 4.98 Å². The van der Waals surface area contributed by atoms with Gasteiger partial charge >= 0.3 is 0 Å². The summed E-state index contributed by atoms with van der Waals surface area (Å²) in [6.07, 6.45) is 9.36. The first-order valence-corrected chi connectivity index (χ1v) is 6.21. The quantitative estimate of drug-likeness (QED) is 0.413. The molecule has 0 aliphatic carbocycles. The van der Waals surface area contributed by atoms with Crippen LogP contribution < -0.4 is 16.0 Å². The highest BCUT2D eigenvalue weighted by atomic mass is 16.5. The fourth-order valence-electron chi connectivity index (χ4n) is 1.60. The molecule has 0 amide bonds. The van der Waals surface area contributed by atoms with Crippen LogP contribution in [0.1, 0.15) is 46.0 Å². The van der Waals surface area contributed by atoms with E-state index in [0.29, 0.717) is 11.7 Å². The van der Waals surface area contributed by atoms with Crippen LogP contribution in [-0.4, -0.2) is 16.1 Å². The molecule has 1 aromatic rings. The fourth-order valence-corrected chi connectivity index (χ4v) is 1.60. The minimum Gasteiger partial charge on any atom is -0.474 e. The zero-order chi connectivity index (χ0) is 12.5. The zero-order valence-corrected chi connectivity index (χ0v) is 10.6. The average molecular weight is 238 g/mol. The molecular weight excluding hydrogens is 216 g/mol. The Morgan fingerprint density at radius 2 is 2.18 bits per heavy atom. The SMILES string of the molecule is CCCCCCC(C)Oc1cncc(NN)n1. The summed E-state index contributed by atoms with van der Waals surface area (Å²) in [5, 5.41) is 0. The van der Waals surface area contributed by atoms with Gasteiger partial charge in [0.25, 0.3) is 0 Å². The van der Waals surface area contributed by atoms with Crippen LogP contribution in [0.2, 0.25) is 0 Å². The van der Waals surface area contributed by atoms with Crippen molar-refractivity contribution in [1.29, 1.82) is 0 Å². The number of nitrogen functional groups attached to an aromatic ring is 1.